The molecule has 3 aliphatic rings. The minimum Gasteiger partial charge on any atom is -0.323 e. The van der Waals surface area contributed by atoms with Crippen LogP contribution in [0.1, 0.15) is 52.0 Å². The Morgan fingerprint density at radius 2 is 1.80 bits per heavy atom. The van der Waals surface area contributed by atoms with Gasteiger partial charge in [0.15, 0.2) is 0 Å². The second-order valence-electron chi connectivity index (χ2n) is 8.01. The Kier molecular flexibility index (Phi) is 5.15. The fourth-order valence-corrected chi connectivity index (χ4v) is 4.17. The van der Waals surface area contributed by atoms with Crippen LogP contribution in [-0.4, -0.2) is 64.5 Å². The highest BCUT2D eigenvalue weighted by atomic mass is 19.3. The van der Waals surface area contributed by atoms with Crippen molar-refractivity contribution in [2.24, 2.45) is 5.73 Å². The Bertz CT molecular complexity index is 935. The van der Waals surface area contributed by atoms with Gasteiger partial charge in [0, 0.05) is 32.5 Å². The molecule has 4 rings (SSSR count). The summed E-state index contributed by atoms with van der Waals surface area (Å²) < 4.78 is 27.7. The van der Waals surface area contributed by atoms with E-state index in [0.29, 0.717) is 18.7 Å². The molecule has 2 fully saturated rings. The van der Waals surface area contributed by atoms with Crippen LogP contribution in [0.25, 0.3) is 0 Å². The van der Waals surface area contributed by atoms with Gasteiger partial charge in [-0.25, -0.2) is 8.78 Å². The lowest BCUT2D eigenvalue weighted by molar-refractivity contribution is -0.136. The summed E-state index contributed by atoms with van der Waals surface area (Å²) in [5.41, 5.74) is 6.64. The zero-order chi connectivity index (χ0) is 21.6. The van der Waals surface area contributed by atoms with E-state index in [-0.39, 0.29) is 43.4 Å². The van der Waals surface area contributed by atoms with Crippen LogP contribution in [0.5, 0.6) is 0 Å². The van der Waals surface area contributed by atoms with Crippen LogP contribution in [0.15, 0.2) is 18.2 Å². The maximum Gasteiger partial charge on any atom is 0.264 e. The SMILES string of the molecule is NC1CCN(Cc2ccc3c(c2)C(=O)N(C2CCC(=O)NC2=O)C3=O)CCC1(F)F. The van der Waals surface area contributed by atoms with Crippen molar-refractivity contribution in [3.05, 3.63) is 34.9 Å². The monoisotopic (exact) mass is 420 g/mol. The summed E-state index contributed by atoms with van der Waals surface area (Å²) in [7, 11) is 0. The number of hydrogen-bond donors (Lipinski definition) is 2. The number of nitrogens with zero attached hydrogens (tertiary/aromatic N) is 2. The highest BCUT2D eigenvalue weighted by molar-refractivity contribution is 6.23. The molecule has 0 spiro atoms. The number of nitrogens with two attached hydrogens (primary N) is 1. The van der Waals surface area contributed by atoms with E-state index in [1.54, 1.807) is 12.1 Å². The predicted octanol–water partition coefficient (Wildman–Crippen LogP) is 0.646. The zero-order valence-electron chi connectivity index (χ0n) is 16.2. The summed E-state index contributed by atoms with van der Waals surface area (Å²) in [4.78, 5) is 51.8. The Morgan fingerprint density at radius 3 is 2.53 bits per heavy atom. The van der Waals surface area contributed by atoms with E-state index in [4.69, 9.17) is 5.73 Å². The van der Waals surface area contributed by atoms with Crippen molar-refractivity contribution in [2.45, 2.75) is 50.2 Å². The van der Waals surface area contributed by atoms with Crippen molar-refractivity contribution < 1.29 is 28.0 Å². The molecule has 2 saturated heterocycles. The number of hydrogen-bond acceptors (Lipinski definition) is 6. The minimum absolute atomic E-state index is 0.0524. The number of amides is 4. The Labute approximate surface area is 171 Å². The van der Waals surface area contributed by atoms with Crippen molar-refractivity contribution in [1.29, 1.82) is 0 Å². The van der Waals surface area contributed by atoms with E-state index in [0.717, 1.165) is 4.90 Å². The molecule has 4 amide bonds. The lowest BCUT2D eigenvalue weighted by Crippen LogP contribution is -2.54. The van der Waals surface area contributed by atoms with Gasteiger partial charge < -0.3 is 5.73 Å². The fourth-order valence-electron chi connectivity index (χ4n) is 4.17. The van der Waals surface area contributed by atoms with E-state index in [2.05, 4.69) is 5.32 Å². The number of piperidine rings is 1. The van der Waals surface area contributed by atoms with Crippen molar-refractivity contribution in [3.8, 4) is 0 Å². The molecule has 0 saturated carbocycles. The molecule has 10 heteroatoms. The fraction of sp³-hybridized carbons (Fsp3) is 0.500. The molecule has 0 aliphatic carbocycles. The third kappa shape index (κ3) is 3.61. The first-order valence-electron chi connectivity index (χ1n) is 9.87. The largest absolute Gasteiger partial charge is 0.323 e. The Balaban J connectivity index is 1.51. The number of benzene rings is 1. The van der Waals surface area contributed by atoms with E-state index >= 15 is 0 Å². The lowest BCUT2D eigenvalue weighted by atomic mass is 10.0. The lowest BCUT2D eigenvalue weighted by Gasteiger charge is -2.27. The summed E-state index contributed by atoms with van der Waals surface area (Å²) in [5.74, 6) is -5.16. The third-order valence-corrected chi connectivity index (χ3v) is 5.97. The van der Waals surface area contributed by atoms with Gasteiger partial charge in [-0.05, 0) is 30.5 Å². The molecule has 0 bridgehead atoms. The average Bonchev–Trinajstić information content (AvgIpc) is 2.85. The molecule has 2 unspecified atom stereocenters. The molecule has 8 nitrogen and oxygen atoms in total. The summed E-state index contributed by atoms with van der Waals surface area (Å²) >= 11 is 0. The van der Waals surface area contributed by atoms with Gasteiger partial charge in [-0.3, -0.25) is 34.3 Å². The molecular weight excluding hydrogens is 398 g/mol. The standard InChI is InChI=1S/C20H22F2N4O4/c21-20(22)6-8-25(7-5-15(20)23)10-11-1-2-12-13(9-11)19(30)26(18(12)29)14-3-4-16(27)24-17(14)28/h1-2,9,14-15H,3-8,10,23H2,(H,24,27,28). The van der Waals surface area contributed by atoms with E-state index in [1.165, 1.54) is 6.07 Å². The number of carbonyl (C=O) groups excluding carboxylic acids is 4. The van der Waals surface area contributed by atoms with Gasteiger partial charge in [-0.2, -0.15) is 0 Å². The number of carbonyl (C=O) groups is 4. The van der Waals surface area contributed by atoms with Gasteiger partial charge in [0.05, 0.1) is 17.2 Å². The van der Waals surface area contributed by atoms with Crippen molar-refractivity contribution in [2.75, 3.05) is 13.1 Å². The Morgan fingerprint density at radius 1 is 1.07 bits per heavy atom. The van der Waals surface area contributed by atoms with Crippen LogP contribution in [-0.2, 0) is 16.1 Å². The number of nitrogens with one attached hydrogen (secondary N) is 1. The molecule has 160 valence electrons. The van der Waals surface area contributed by atoms with E-state index in [9.17, 15) is 28.0 Å². The maximum atomic E-state index is 13.8. The molecular formula is C20H22F2N4O4. The first-order valence-corrected chi connectivity index (χ1v) is 9.87. The number of imide groups is 2. The summed E-state index contributed by atoms with van der Waals surface area (Å²) in [6, 6.07) is 2.58. The average molecular weight is 420 g/mol. The molecule has 30 heavy (non-hydrogen) atoms. The van der Waals surface area contributed by atoms with Gasteiger partial charge in [0.25, 0.3) is 17.7 Å². The van der Waals surface area contributed by atoms with Crippen LogP contribution in [0.4, 0.5) is 8.78 Å². The normalized spacial score (nSPS) is 27.1. The van der Waals surface area contributed by atoms with Crippen LogP contribution >= 0.6 is 0 Å². The first-order chi connectivity index (χ1) is 14.2. The molecule has 3 N–H and O–H groups in total. The molecule has 1 aromatic carbocycles. The summed E-state index contributed by atoms with van der Waals surface area (Å²) in [6.07, 6.45) is -0.0273. The highest BCUT2D eigenvalue weighted by Gasteiger charge is 2.45. The number of rotatable bonds is 3. The van der Waals surface area contributed by atoms with Gasteiger partial charge in [0.2, 0.25) is 11.8 Å². The quantitative estimate of drug-likeness (QED) is 0.695. The van der Waals surface area contributed by atoms with Crippen LogP contribution in [0.3, 0.4) is 0 Å². The van der Waals surface area contributed by atoms with E-state index in [1.807, 2.05) is 4.90 Å². The van der Waals surface area contributed by atoms with Gasteiger partial charge in [-0.15, -0.1) is 0 Å². The smallest absolute Gasteiger partial charge is 0.264 e. The topological polar surface area (TPSA) is 113 Å². The highest BCUT2D eigenvalue weighted by Crippen LogP contribution is 2.30. The zero-order valence-corrected chi connectivity index (χ0v) is 16.2. The van der Waals surface area contributed by atoms with Crippen molar-refractivity contribution in [3.63, 3.8) is 0 Å². The van der Waals surface area contributed by atoms with Gasteiger partial charge >= 0.3 is 0 Å². The van der Waals surface area contributed by atoms with Crippen LogP contribution < -0.4 is 11.1 Å². The van der Waals surface area contributed by atoms with Crippen LogP contribution in [0, 0.1) is 0 Å². The van der Waals surface area contributed by atoms with Crippen molar-refractivity contribution in [1.82, 2.24) is 15.1 Å². The minimum atomic E-state index is -2.91. The molecule has 0 aromatic heterocycles. The third-order valence-electron chi connectivity index (χ3n) is 5.97. The van der Waals surface area contributed by atoms with Gasteiger partial charge in [0.1, 0.15) is 6.04 Å². The van der Waals surface area contributed by atoms with Crippen molar-refractivity contribution >= 4 is 23.6 Å². The van der Waals surface area contributed by atoms with Crippen LogP contribution in [0.2, 0.25) is 0 Å². The number of halogens is 2. The predicted molar refractivity (Wildman–Crippen MR) is 101 cm³/mol. The summed E-state index contributed by atoms with van der Waals surface area (Å²) in [6.45, 7) is 0.923. The van der Waals surface area contributed by atoms with E-state index < -0.39 is 41.6 Å². The second-order valence-corrected chi connectivity index (χ2v) is 8.01. The molecule has 3 heterocycles. The first kappa shape index (κ1) is 20.5. The summed E-state index contributed by atoms with van der Waals surface area (Å²) in [5, 5.41) is 2.15. The number of fused-ring (bicyclic) bond motifs is 1. The maximum absolute atomic E-state index is 13.8. The Hall–Kier alpha value is -2.72. The molecule has 0 radical (unpaired) electrons. The molecule has 3 aliphatic heterocycles. The second kappa shape index (κ2) is 7.51. The van der Waals surface area contributed by atoms with Gasteiger partial charge in [-0.1, -0.05) is 6.07 Å². The molecule has 2 atom stereocenters. The molecule has 1 aromatic rings. The number of likely N-dealkylation sites (tertiary alicyclic amines) is 1. The number of alkyl halides is 2.